The van der Waals surface area contributed by atoms with Gasteiger partial charge in [-0.25, -0.2) is 0 Å². The lowest BCUT2D eigenvalue weighted by Gasteiger charge is -2.13. The lowest BCUT2D eigenvalue weighted by atomic mass is 10.0. The highest BCUT2D eigenvalue weighted by atomic mass is 35.5. The highest BCUT2D eigenvalue weighted by Gasteiger charge is 2.15. The van der Waals surface area contributed by atoms with Crippen LogP contribution in [-0.4, -0.2) is 17.6 Å². The summed E-state index contributed by atoms with van der Waals surface area (Å²) in [5.74, 6) is 0.108. The van der Waals surface area contributed by atoms with Gasteiger partial charge in [0.1, 0.15) is 5.75 Å². The van der Waals surface area contributed by atoms with Crippen LogP contribution < -0.4 is 10.1 Å². The molecule has 0 aliphatic rings. The maximum Gasteiger partial charge on any atom is 0.262 e. The number of phenolic OH excluding ortho intramolecular Hbond substituents is 1. The number of aromatic hydroxyl groups is 1. The van der Waals surface area contributed by atoms with Crippen LogP contribution in [-0.2, 0) is 11.2 Å². The molecule has 0 aliphatic heterocycles. The molecule has 158 valence electrons. The van der Waals surface area contributed by atoms with E-state index < -0.39 is 5.91 Å². The van der Waals surface area contributed by atoms with Crippen LogP contribution in [0.15, 0.2) is 30.3 Å². The van der Waals surface area contributed by atoms with Gasteiger partial charge in [-0.1, -0.05) is 80.4 Å². The molecule has 0 saturated carbocycles. The number of nitrogens with one attached hydrogen (secondary N) is 1. The monoisotopic (exact) mass is 437 g/mol. The summed E-state index contributed by atoms with van der Waals surface area (Å²) in [4.78, 5) is 12.3. The summed E-state index contributed by atoms with van der Waals surface area (Å²) in [5.41, 5.74) is 1.82. The highest BCUT2D eigenvalue weighted by Crippen LogP contribution is 2.38. The summed E-state index contributed by atoms with van der Waals surface area (Å²) in [6, 6.07) is 9.25. The van der Waals surface area contributed by atoms with E-state index in [0.29, 0.717) is 16.3 Å². The van der Waals surface area contributed by atoms with E-state index in [1.54, 1.807) is 6.92 Å². The number of hydrogen-bond donors (Lipinski definition) is 2. The second-order valence-corrected chi connectivity index (χ2v) is 7.94. The summed E-state index contributed by atoms with van der Waals surface area (Å²) in [5, 5.41) is 13.2. The molecule has 2 aromatic rings. The zero-order valence-corrected chi connectivity index (χ0v) is 18.6. The highest BCUT2D eigenvalue weighted by molar-refractivity contribution is 6.37. The van der Waals surface area contributed by atoms with E-state index in [9.17, 15) is 9.90 Å². The summed E-state index contributed by atoms with van der Waals surface area (Å²) in [6.45, 7) is 3.74. The number of phenols is 1. The van der Waals surface area contributed by atoms with Crippen molar-refractivity contribution in [3.8, 4) is 11.5 Å². The van der Waals surface area contributed by atoms with Crippen LogP contribution in [0.3, 0.4) is 0 Å². The lowest BCUT2D eigenvalue weighted by molar-refractivity contribution is -0.118. The number of carbonyl (C=O) groups is 1. The summed E-state index contributed by atoms with van der Waals surface area (Å²) < 4.78 is 5.73. The average Bonchev–Trinajstić information content (AvgIpc) is 2.72. The third-order valence-electron chi connectivity index (χ3n) is 4.83. The molecule has 0 fully saturated rings. The van der Waals surface area contributed by atoms with E-state index in [1.165, 1.54) is 38.2 Å². The summed E-state index contributed by atoms with van der Waals surface area (Å²) in [6.07, 6.45) is 8.31. The van der Waals surface area contributed by atoms with E-state index in [-0.39, 0.29) is 23.1 Å². The van der Waals surface area contributed by atoms with Gasteiger partial charge in [0.05, 0.1) is 10.7 Å². The number of amides is 1. The minimum atomic E-state index is -0.398. The number of halogens is 2. The van der Waals surface area contributed by atoms with E-state index in [4.69, 9.17) is 27.9 Å². The molecule has 0 heterocycles. The molecule has 0 spiro atoms. The lowest BCUT2D eigenvalue weighted by Crippen LogP contribution is -2.20. The molecule has 0 atom stereocenters. The van der Waals surface area contributed by atoms with Gasteiger partial charge in [0.2, 0.25) is 0 Å². The number of benzene rings is 2. The van der Waals surface area contributed by atoms with Crippen LogP contribution in [0.2, 0.25) is 10.0 Å². The topological polar surface area (TPSA) is 58.6 Å². The molecule has 0 aromatic heterocycles. The van der Waals surface area contributed by atoms with Gasteiger partial charge < -0.3 is 15.2 Å². The largest absolute Gasteiger partial charge is 0.504 e. The first kappa shape index (κ1) is 23.4. The molecule has 6 heteroatoms. The molecule has 1 amide bonds. The van der Waals surface area contributed by atoms with Gasteiger partial charge >= 0.3 is 0 Å². The van der Waals surface area contributed by atoms with Crippen molar-refractivity contribution in [3.63, 3.8) is 0 Å². The summed E-state index contributed by atoms with van der Waals surface area (Å²) in [7, 11) is 0. The third-order valence-corrected chi connectivity index (χ3v) is 5.68. The fraction of sp³-hybridized carbons (Fsp3) is 0.435. The Kier molecular flexibility index (Phi) is 9.62. The molecule has 2 N–H and O–H groups in total. The predicted octanol–water partition coefficient (Wildman–Crippen LogP) is 6.93. The molecule has 2 aromatic carbocycles. The number of para-hydroxylation sites is 1. The fourth-order valence-corrected chi connectivity index (χ4v) is 3.53. The number of unbranched alkanes of at least 4 members (excludes halogenated alkanes) is 5. The van der Waals surface area contributed by atoms with Crippen LogP contribution in [0.25, 0.3) is 0 Å². The molecular weight excluding hydrogens is 409 g/mol. The summed E-state index contributed by atoms with van der Waals surface area (Å²) >= 11 is 12.1. The van der Waals surface area contributed by atoms with Crippen LogP contribution in [0, 0.1) is 6.92 Å². The molecule has 0 bridgehead atoms. The van der Waals surface area contributed by atoms with Gasteiger partial charge in [0, 0.05) is 5.02 Å². The third kappa shape index (κ3) is 7.13. The van der Waals surface area contributed by atoms with Crippen molar-refractivity contribution in [1.29, 1.82) is 0 Å². The molecular formula is C23H29Cl2NO3. The van der Waals surface area contributed by atoms with Crippen molar-refractivity contribution in [2.75, 3.05) is 11.9 Å². The van der Waals surface area contributed by atoms with Gasteiger partial charge in [-0.2, -0.15) is 0 Å². The van der Waals surface area contributed by atoms with Crippen molar-refractivity contribution in [1.82, 2.24) is 0 Å². The Morgan fingerprint density at radius 2 is 1.79 bits per heavy atom. The Bertz CT molecular complexity index is 824. The van der Waals surface area contributed by atoms with Crippen molar-refractivity contribution < 1.29 is 14.6 Å². The number of ether oxygens (including phenoxy) is 1. The van der Waals surface area contributed by atoms with Crippen LogP contribution in [0.4, 0.5) is 5.69 Å². The average molecular weight is 438 g/mol. The van der Waals surface area contributed by atoms with Crippen LogP contribution in [0.5, 0.6) is 11.5 Å². The Labute approximate surface area is 183 Å². The van der Waals surface area contributed by atoms with Gasteiger partial charge in [-0.05, 0) is 43.0 Å². The van der Waals surface area contributed by atoms with Gasteiger partial charge in [0.15, 0.2) is 12.4 Å². The van der Waals surface area contributed by atoms with E-state index >= 15 is 0 Å². The first-order valence-corrected chi connectivity index (χ1v) is 10.9. The quantitative estimate of drug-likeness (QED) is 0.296. The standard InChI is InChI=1S/C23H29Cl2NO3/c1-3-4-5-6-7-8-11-17-12-9-10-13-20(17)29-15-21(27)26-19-14-18(24)16(2)22(25)23(19)28/h9-10,12-14,28H,3-8,11,15H2,1-2H3,(H,26,27). The van der Waals surface area contributed by atoms with E-state index in [1.807, 2.05) is 24.3 Å². The number of hydrogen-bond acceptors (Lipinski definition) is 3. The molecule has 2 rings (SSSR count). The number of rotatable bonds is 11. The number of aryl methyl sites for hydroxylation is 1. The molecule has 0 radical (unpaired) electrons. The number of carbonyl (C=O) groups excluding carboxylic acids is 1. The van der Waals surface area contributed by atoms with E-state index in [0.717, 1.165) is 18.4 Å². The first-order chi connectivity index (χ1) is 13.9. The van der Waals surface area contributed by atoms with Crippen molar-refractivity contribution in [2.45, 2.75) is 58.8 Å². The molecule has 0 unspecified atom stereocenters. The normalized spacial score (nSPS) is 10.8. The molecule has 29 heavy (non-hydrogen) atoms. The van der Waals surface area contributed by atoms with Gasteiger partial charge in [-0.15, -0.1) is 0 Å². The first-order valence-electron chi connectivity index (χ1n) is 10.1. The molecule has 0 aliphatic carbocycles. The van der Waals surface area contributed by atoms with Crippen molar-refractivity contribution in [3.05, 3.63) is 51.5 Å². The second kappa shape index (κ2) is 11.9. The Balaban J connectivity index is 1.89. The maximum absolute atomic E-state index is 12.3. The fourth-order valence-electron chi connectivity index (χ4n) is 3.08. The van der Waals surface area contributed by atoms with E-state index in [2.05, 4.69) is 12.2 Å². The zero-order chi connectivity index (χ0) is 21.2. The second-order valence-electron chi connectivity index (χ2n) is 7.16. The Morgan fingerprint density at radius 3 is 2.55 bits per heavy atom. The SMILES string of the molecule is CCCCCCCCc1ccccc1OCC(=O)Nc1cc(Cl)c(C)c(Cl)c1O. The Hall–Kier alpha value is -1.91. The maximum atomic E-state index is 12.3. The van der Waals surface area contributed by atoms with Crippen molar-refractivity contribution in [2.24, 2.45) is 0 Å². The van der Waals surface area contributed by atoms with Crippen LogP contribution in [0.1, 0.15) is 56.6 Å². The minimum absolute atomic E-state index is 0.123. The van der Waals surface area contributed by atoms with Crippen LogP contribution >= 0.6 is 23.2 Å². The Morgan fingerprint density at radius 1 is 1.10 bits per heavy atom. The molecule has 0 saturated heterocycles. The molecule has 4 nitrogen and oxygen atoms in total. The predicted molar refractivity (Wildman–Crippen MR) is 121 cm³/mol. The van der Waals surface area contributed by atoms with Gasteiger partial charge in [-0.3, -0.25) is 4.79 Å². The zero-order valence-electron chi connectivity index (χ0n) is 17.1. The van der Waals surface area contributed by atoms with Gasteiger partial charge in [0.25, 0.3) is 5.91 Å². The smallest absolute Gasteiger partial charge is 0.262 e. The van der Waals surface area contributed by atoms with Crippen molar-refractivity contribution >= 4 is 34.8 Å². The number of anilines is 1. The minimum Gasteiger partial charge on any atom is -0.504 e.